The first-order chi connectivity index (χ1) is 7.49. The van der Waals surface area contributed by atoms with Crippen LogP contribution in [0.3, 0.4) is 0 Å². The van der Waals surface area contributed by atoms with Gasteiger partial charge in [-0.05, 0) is 24.3 Å². The monoisotopic (exact) mass is 300 g/mol. The first-order valence-electron chi connectivity index (χ1n) is 4.84. The van der Waals surface area contributed by atoms with E-state index in [0.29, 0.717) is 11.4 Å². The maximum atomic E-state index is 11.6. The number of benzene rings is 1. The minimum atomic E-state index is -0.0809. The third-order valence-corrected chi connectivity index (χ3v) is 3.04. The highest BCUT2D eigenvalue weighted by atomic mass is 79.9. The molecule has 0 aromatic heterocycles. The SMILES string of the molecule is CC(CC(=O)Nc1ccc(Br)cc1)C(N)=S. The predicted molar refractivity (Wildman–Crippen MR) is 73.3 cm³/mol. The molecule has 1 amide bonds. The molecule has 1 atom stereocenters. The number of carbonyl (C=O) groups excluding carboxylic acids is 1. The van der Waals surface area contributed by atoms with E-state index < -0.39 is 0 Å². The Bertz CT molecular complexity index is 391. The van der Waals surface area contributed by atoms with E-state index in [-0.39, 0.29) is 11.8 Å². The normalized spacial score (nSPS) is 11.9. The Morgan fingerprint density at radius 3 is 2.56 bits per heavy atom. The van der Waals surface area contributed by atoms with Crippen LogP contribution in [0.4, 0.5) is 5.69 Å². The Morgan fingerprint density at radius 2 is 2.06 bits per heavy atom. The third-order valence-electron chi connectivity index (χ3n) is 2.11. The number of hydrogen-bond acceptors (Lipinski definition) is 2. The predicted octanol–water partition coefficient (Wildman–Crippen LogP) is 2.70. The lowest BCUT2D eigenvalue weighted by Crippen LogP contribution is -2.24. The molecular formula is C11H13BrN2OS. The van der Waals surface area contributed by atoms with Gasteiger partial charge in [0.05, 0.1) is 4.99 Å². The van der Waals surface area contributed by atoms with E-state index in [9.17, 15) is 4.79 Å². The van der Waals surface area contributed by atoms with E-state index in [4.69, 9.17) is 18.0 Å². The molecule has 0 aliphatic rings. The lowest BCUT2D eigenvalue weighted by Gasteiger charge is -2.09. The minimum absolute atomic E-state index is 0.0783. The Kier molecular flexibility index (Phi) is 4.89. The van der Waals surface area contributed by atoms with Crippen molar-refractivity contribution in [2.75, 3.05) is 5.32 Å². The van der Waals surface area contributed by atoms with Crippen LogP contribution in [0.15, 0.2) is 28.7 Å². The van der Waals surface area contributed by atoms with Crippen LogP contribution in [0.2, 0.25) is 0 Å². The number of carbonyl (C=O) groups is 1. The van der Waals surface area contributed by atoms with Gasteiger partial charge in [0, 0.05) is 22.5 Å². The van der Waals surface area contributed by atoms with Crippen molar-refractivity contribution < 1.29 is 4.79 Å². The molecule has 0 fully saturated rings. The molecule has 16 heavy (non-hydrogen) atoms. The van der Waals surface area contributed by atoms with Crippen molar-refractivity contribution in [2.45, 2.75) is 13.3 Å². The van der Waals surface area contributed by atoms with Crippen molar-refractivity contribution in [2.24, 2.45) is 11.7 Å². The second-order valence-corrected chi connectivity index (χ2v) is 4.95. The molecule has 0 heterocycles. The zero-order valence-corrected chi connectivity index (χ0v) is 11.3. The number of amides is 1. The average molecular weight is 301 g/mol. The molecule has 0 saturated carbocycles. The van der Waals surface area contributed by atoms with E-state index in [0.717, 1.165) is 10.2 Å². The van der Waals surface area contributed by atoms with Gasteiger partial charge in [-0.15, -0.1) is 0 Å². The van der Waals surface area contributed by atoms with E-state index >= 15 is 0 Å². The molecule has 0 bridgehead atoms. The van der Waals surface area contributed by atoms with Gasteiger partial charge in [-0.25, -0.2) is 0 Å². The highest BCUT2D eigenvalue weighted by molar-refractivity contribution is 9.10. The summed E-state index contributed by atoms with van der Waals surface area (Å²) in [4.78, 5) is 11.9. The average Bonchev–Trinajstić information content (AvgIpc) is 2.21. The van der Waals surface area contributed by atoms with Crippen molar-refractivity contribution in [3.05, 3.63) is 28.7 Å². The number of hydrogen-bond donors (Lipinski definition) is 2. The maximum Gasteiger partial charge on any atom is 0.225 e. The summed E-state index contributed by atoms with van der Waals surface area (Å²) in [5.41, 5.74) is 6.21. The second-order valence-electron chi connectivity index (χ2n) is 3.56. The molecule has 3 N–H and O–H groups in total. The zero-order valence-electron chi connectivity index (χ0n) is 8.87. The molecule has 0 radical (unpaired) electrons. The Morgan fingerprint density at radius 1 is 1.50 bits per heavy atom. The molecule has 1 aromatic rings. The summed E-state index contributed by atoms with van der Waals surface area (Å²) < 4.78 is 0.974. The summed E-state index contributed by atoms with van der Waals surface area (Å²) in [6.07, 6.45) is 0.311. The highest BCUT2D eigenvalue weighted by Crippen LogP contribution is 2.14. The summed E-state index contributed by atoms with van der Waals surface area (Å²) in [6.45, 7) is 1.84. The van der Waals surface area contributed by atoms with Gasteiger partial charge in [-0.2, -0.15) is 0 Å². The Hall–Kier alpha value is -0.940. The van der Waals surface area contributed by atoms with Gasteiger partial charge < -0.3 is 11.1 Å². The van der Waals surface area contributed by atoms with Crippen molar-refractivity contribution in [3.63, 3.8) is 0 Å². The quantitative estimate of drug-likeness (QED) is 0.841. The number of rotatable bonds is 4. The molecule has 1 rings (SSSR count). The first-order valence-corrected chi connectivity index (χ1v) is 6.04. The van der Waals surface area contributed by atoms with E-state index in [1.807, 2.05) is 31.2 Å². The van der Waals surface area contributed by atoms with Crippen molar-refractivity contribution >= 4 is 44.7 Å². The molecule has 0 saturated heterocycles. The van der Waals surface area contributed by atoms with Gasteiger partial charge >= 0.3 is 0 Å². The van der Waals surface area contributed by atoms with Crippen LogP contribution in [0, 0.1) is 5.92 Å². The van der Waals surface area contributed by atoms with Crippen LogP contribution < -0.4 is 11.1 Å². The fourth-order valence-electron chi connectivity index (χ4n) is 1.12. The number of anilines is 1. The van der Waals surface area contributed by atoms with E-state index in [1.54, 1.807) is 0 Å². The molecule has 0 aliphatic carbocycles. The van der Waals surface area contributed by atoms with Crippen LogP contribution in [0.1, 0.15) is 13.3 Å². The molecule has 0 aliphatic heterocycles. The lowest BCUT2D eigenvalue weighted by molar-refractivity contribution is -0.116. The largest absolute Gasteiger partial charge is 0.393 e. The van der Waals surface area contributed by atoms with Crippen LogP contribution in [0.5, 0.6) is 0 Å². The van der Waals surface area contributed by atoms with Crippen LogP contribution >= 0.6 is 28.1 Å². The molecule has 5 heteroatoms. The smallest absolute Gasteiger partial charge is 0.225 e. The van der Waals surface area contributed by atoms with Gasteiger partial charge in [0.2, 0.25) is 5.91 Å². The Balaban J connectivity index is 2.52. The Labute approximate surface area is 109 Å². The number of nitrogens with two attached hydrogens (primary N) is 1. The zero-order chi connectivity index (χ0) is 12.1. The van der Waals surface area contributed by atoms with Crippen LogP contribution in [-0.2, 0) is 4.79 Å². The lowest BCUT2D eigenvalue weighted by atomic mass is 10.1. The molecule has 86 valence electrons. The van der Waals surface area contributed by atoms with Crippen molar-refractivity contribution in [1.29, 1.82) is 0 Å². The summed E-state index contributed by atoms with van der Waals surface area (Å²) in [7, 11) is 0. The van der Waals surface area contributed by atoms with Crippen molar-refractivity contribution in [1.82, 2.24) is 0 Å². The topological polar surface area (TPSA) is 55.1 Å². The van der Waals surface area contributed by atoms with E-state index in [2.05, 4.69) is 21.2 Å². The summed E-state index contributed by atoms with van der Waals surface area (Å²) in [5.74, 6) is -0.159. The van der Waals surface area contributed by atoms with Crippen LogP contribution in [-0.4, -0.2) is 10.9 Å². The third kappa shape index (κ3) is 4.28. The molecule has 1 aromatic carbocycles. The number of thiocarbonyl (C=S) groups is 1. The highest BCUT2D eigenvalue weighted by Gasteiger charge is 2.11. The molecule has 0 spiro atoms. The summed E-state index contributed by atoms with van der Waals surface area (Å²) in [6, 6.07) is 7.39. The summed E-state index contributed by atoms with van der Waals surface area (Å²) >= 11 is 8.13. The standard InChI is InChI=1S/C11H13BrN2OS/c1-7(11(13)16)6-10(15)14-9-4-2-8(12)3-5-9/h2-5,7H,6H2,1H3,(H2,13,16)(H,14,15). The molecular weight excluding hydrogens is 288 g/mol. The number of nitrogens with one attached hydrogen (secondary N) is 1. The molecule has 1 unspecified atom stereocenters. The van der Waals surface area contributed by atoms with Gasteiger partial charge in [0.15, 0.2) is 0 Å². The van der Waals surface area contributed by atoms with Crippen LogP contribution in [0.25, 0.3) is 0 Å². The van der Waals surface area contributed by atoms with Gasteiger partial charge in [-0.1, -0.05) is 35.1 Å². The van der Waals surface area contributed by atoms with Gasteiger partial charge in [0.25, 0.3) is 0 Å². The van der Waals surface area contributed by atoms with E-state index in [1.165, 1.54) is 0 Å². The van der Waals surface area contributed by atoms with Gasteiger partial charge in [-0.3, -0.25) is 4.79 Å². The second kappa shape index (κ2) is 5.96. The summed E-state index contributed by atoms with van der Waals surface area (Å²) in [5, 5.41) is 2.78. The maximum absolute atomic E-state index is 11.6. The van der Waals surface area contributed by atoms with Gasteiger partial charge in [0.1, 0.15) is 0 Å². The minimum Gasteiger partial charge on any atom is -0.393 e. The fraction of sp³-hybridized carbons (Fsp3) is 0.273. The number of halogens is 1. The first kappa shape index (κ1) is 13.1. The molecule has 3 nitrogen and oxygen atoms in total. The fourth-order valence-corrected chi connectivity index (χ4v) is 1.47. The van der Waals surface area contributed by atoms with Crippen molar-refractivity contribution in [3.8, 4) is 0 Å².